The van der Waals surface area contributed by atoms with Crippen LogP contribution in [0.3, 0.4) is 0 Å². The summed E-state index contributed by atoms with van der Waals surface area (Å²) in [5.41, 5.74) is 7.65. The number of H-pyrrole nitrogens is 2. The molecule has 0 fully saturated rings. The van der Waals surface area contributed by atoms with Crippen LogP contribution in [0.4, 0.5) is 0 Å². The van der Waals surface area contributed by atoms with Crippen LogP contribution in [-0.4, -0.2) is 37.2 Å². The number of ether oxygens (including phenoxy) is 1. The number of rotatable bonds is 4. The molecule has 5 heterocycles. The van der Waals surface area contributed by atoms with Crippen LogP contribution < -0.4 is 4.74 Å². The van der Waals surface area contributed by atoms with E-state index in [1.165, 1.54) is 0 Å². The Labute approximate surface area is 183 Å². The van der Waals surface area contributed by atoms with Crippen molar-refractivity contribution in [3.05, 3.63) is 79.5 Å². The van der Waals surface area contributed by atoms with Gasteiger partial charge in [0.05, 0.1) is 24.5 Å². The molecule has 6 rings (SSSR count). The number of benzene rings is 1. The first kappa shape index (κ1) is 18.3. The van der Waals surface area contributed by atoms with Gasteiger partial charge >= 0.3 is 0 Å². The van der Waals surface area contributed by atoms with E-state index in [2.05, 4.69) is 42.3 Å². The zero-order chi connectivity index (χ0) is 21.5. The van der Waals surface area contributed by atoms with Gasteiger partial charge in [-0.1, -0.05) is 12.1 Å². The molecular formula is C25H18N6O. The maximum atomic E-state index is 5.33. The molecule has 5 aromatic heterocycles. The lowest BCUT2D eigenvalue weighted by Crippen LogP contribution is -1.86. The minimum Gasteiger partial charge on any atom is -0.495 e. The Balaban J connectivity index is 1.50. The molecule has 0 spiro atoms. The minimum atomic E-state index is 0.722. The highest BCUT2D eigenvalue weighted by Crippen LogP contribution is 2.34. The second-order valence-electron chi connectivity index (χ2n) is 7.49. The molecule has 0 bridgehead atoms. The van der Waals surface area contributed by atoms with Crippen LogP contribution in [0.5, 0.6) is 5.75 Å². The second kappa shape index (κ2) is 7.31. The Morgan fingerprint density at radius 1 is 0.812 bits per heavy atom. The average Bonchev–Trinajstić information content (AvgIpc) is 3.48. The zero-order valence-corrected chi connectivity index (χ0v) is 17.2. The van der Waals surface area contributed by atoms with E-state index in [0.29, 0.717) is 0 Å². The number of hydrogen-bond donors (Lipinski definition) is 2. The molecule has 0 aliphatic heterocycles. The number of nitrogens with one attached hydrogen (secondary N) is 2. The Kier molecular flexibility index (Phi) is 4.18. The number of hydrogen-bond acceptors (Lipinski definition) is 5. The summed E-state index contributed by atoms with van der Waals surface area (Å²) in [6.07, 6.45) is 8.97. The van der Waals surface area contributed by atoms with E-state index in [1.807, 2.05) is 55.0 Å². The second-order valence-corrected chi connectivity index (χ2v) is 7.49. The molecule has 6 aromatic rings. The van der Waals surface area contributed by atoms with Crippen molar-refractivity contribution in [3.63, 3.8) is 0 Å². The SMILES string of the molecule is COc1cncc(-c2ccc3[nH]nc(-c4cc5c(-c6cccnc6)ccnc5[nH]4)c3c2)c1. The molecule has 32 heavy (non-hydrogen) atoms. The first-order valence-corrected chi connectivity index (χ1v) is 10.2. The van der Waals surface area contributed by atoms with Crippen LogP contribution in [0.25, 0.3) is 55.6 Å². The van der Waals surface area contributed by atoms with E-state index in [1.54, 1.807) is 19.5 Å². The van der Waals surface area contributed by atoms with Crippen LogP contribution in [0.15, 0.2) is 79.5 Å². The van der Waals surface area contributed by atoms with Gasteiger partial charge in [0.25, 0.3) is 0 Å². The topological polar surface area (TPSA) is 92.4 Å². The predicted molar refractivity (Wildman–Crippen MR) is 124 cm³/mol. The van der Waals surface area contributed by atoms with Gasteiger partial charge in [-0.2, -0.15) is 5.10 Å². The number of aromatic nitrogens is 6. The van der Waals surface area contributed by atoms with Crippen molar-refractivity contribution in [3.8, 4) is 39.4 Å². The molecule has 0 saturated heterocycles. The average molecular weight is 418 g/mol. The number of methoxy groups -OCH3 is 1. The molecule has 0 amide bonds. The highest BCUT2D eigenvalue weighted by molar-refractivity contribution is 6.00. The molecule has 7 heteroatoms. The number of pyridine rings is 3. The van der Waals surface area contributed by atoms with Gasteiger partial charge in [-0.15, -0.1) is 0 Å². The first-order chi connectivity index (χ1) is 15.8. The van der Waals surface area contributed by atoms with Gasteiger partial charge in [0.1, 0.15) is 17.1 Å². The van der Waals surface area contributed by atoms with E-state index in [0.717, 1.165) is 61.3 Å². The molecule has 0 aliphatic carbocycles. The summed E-state index contributed by atoms with van der Waals surface area (Å²) in [4.78, 5) is 16.5. The molecule has 0 atom stereocenters. The standard InChI is InChI=1S/C25H18N6O/c1-32-18-9-17(13-27-14-18)15-4-5-22-21(10-15)24(31-30-22)23-11-20-19(6-8-28-25(20)29-23)16-3-2-7-26-12-16/h2-14H,1H3,(H,28,29)(H,30,31). The molecule has 0 saturated carbocycles. The maximum Gasteiger partial charge on any atom is 0.138 e. The van der Waals surface area contributed by atoms with Crippen LogP contribution in [0.1, 0.15) is 0 Å². The van der Waals surface area contributed by atoms with Gasteiger partial charge in [-0.05, 0) is 47.5 Å². The molecule has 0 aliphatic rings. The van der Waals surface area contributed by atoms with Crippen molar-refractivity contribution < 1.29 is 4.74 Å². The number of aromatic amines is 2. The van der Waals surface area contributed by atoms with Crippen molar-refractivity contribution >= 4 is 21.9 Å². The molecule has 0 unspecified atom stereocenters. The number of fused-ring (bicyclic) bond motifs is 2. The Morgan fingerprint density at radius 2 is 1.75 bits per heavy atom. The highest BCUT2D eigenvalue weighted by Gasteiger charge is 2.15. The summed E-state index contributed by atoms with van der Waals surface area (Å²) in [6, 6.07) is 16.3. The maximum absolute atomic E-state index is 5.33. The summed E-state index contributed by atoms with van der Waals surface area (Å²) in [6.45, 7) is 0. The molecule has 0 radical (unpaired) electrons. The lowest BCUT2D eigenvalue weighted by molar-refractivity contribution is 0.413. The van der Waals surface area contributed by atoms with Crippen LogP contribution >= 0.6 is 0 Å². The van der Waals surface area contributed by atoms with Crippen molar-refractivity contribution in [1.29, 1.82) is 0 Å². The minimum absolute atomic E-state index is 0.722. The fourth-order valence-corrected chi connectivity index (χ4v) is 4.02. The molecular weight excluding hydrogens is 400 g/mol. The molecule has 7 nitrogen and oxygen atoms in total. The normalized spacial score (nSPS) is 11.3. The summed E-state index contributed by atoms with van der Waals surface area (Å²) >= 11 is 0. The van der Waals surface area contributed by atoms with Gasteiger partial charge in [0, 0.05) is 46.7 Å². The van der Waals surface area contributed by atoms with E-state index in [-0.39, 0.29) is 0 Å². The largest absolute Gasteiger partial charge is 0.495 e. The van der Waals surface area contributed by atoms with E-state index in [4.69, 9.17) is 4.74 Å². The Hall–Kier alpha value is -4.52. The zero-order valence-electron chi connectivity index (χ0n) is 17.2. The van der Waals surface area contributed by atoms with Crippen LogP contribution in [0, 0.1) is 0 Å². The van der Waals surface area contributed by atoms with E-state index in [9.17, 15) is 0 Å². The van der Waals surface area contributed by atoms with Crippen LogP contribution in [0.2, 0.25) is 0 Å². The van der Waals surface area contributed by atoms with Gasteiger partial charge in [-0.3, -0.25) is 15.1 Å². The van der Waals surface area contributed by atoms with Gasteiger partial charge in [0.2, 0.25) is 0 Å². The van der Waals surface area contributed by atoms with Crippen molar-refractivity contribution in [2.75, 3.05) is 7.11 Å². The Morgan fingerprint density at radius 3 is 2.62 bits per heavy atom. The van der Waals surface area contributed by atoms with E-state index < -0.39 is 0 Å². The third kappa shape index (κ3) is 2.99. The summed E-state index contributed by atoms with van der Waals surface area (Å²) in [5.74, 6) is 0.722. The quantitative estimate of drug-likeness (QED) is 0.408. The first-order valence-electron chi connectivity index (χ1n) is 10.2. The Bertz CT molecular complexity index is 1570. The summed E-state index contributed by atoms with van der Waals surface area (Å²) < 4.78 is 5.33. The fourth-order valence-electron chi connectivity index (χ4n) is 4.02. The van der Waals surface area contributed by atoms with Gasteiger partial charge in [-0.25, -0.2) is 4.98 Å². The van der Waals surface area contributed by atoms with Crippen molar-refractivity contribution in [2.24, 2.45) is 0 Å². The smallest absolute Gasteiger partial charge is 0.138 e. The summed E-state index contributed by atoms with van der Waals surface area (Å²) in [7, 11) is 1.64. The number of nitrogens with zero attached hydrogens (tertiary/aromatic N) is 4. The van der Waals surface area contributed by atoms with E-state index >= 15 is 0 Å². The van der Waals surface area contributed by atoms with Crippen molar-refractivity contribution in [1.82, 2.24) is 30.1 Å². The van der Waals surface area contributed by atoms with Crippen molar-refractivity contribution in [2.45, 2.75) is 0 Å². The highest BCUT2D eigenvalue weighted by atomic mass is 16.5. The third-order valence-corrected chi connectivity index (χ3v) is 5.60. The summed E-state index contributed by atoms with van der Waals surface area (Å²) in [5, 5.41) is 9.77. The monoisotopic (exact) mass is 418 g/mol. The fraction of sp³-hybridized carbons (Fsp3) is 0.0400. The van der Waals surface area contributed by atoms with Gasteiger partial charge in [0.15, 0.2) is 0 Å². The lowest BCUT2D eigenvalue weighted by atomic mass is 10.0. The lowest BCUT2D eigenvalue weighted by Gasteiger charge is -2.04. The molecule has 154 valence electrons. The predicted octanol–water partition coefficient (Wildman–Crippen LogP) is 5.24. The molecule has 2 N–H and O–H groups in total. The van der Waals surface area contributed by atoms with Gasteiger partial charge < -0.3 is 9.72 Å². The third-order valence-electron chi connectivity index (χ3n) is 5.60. The molecule has 1 aromatic carbocycles. The van der Waals surface area contributed by atoms with Crippen LogP contribution in [-0.2, 0) is 0 Å².